The van der Waals surface area contributed by atoms with Gasteiger partial charge < -0.3 is 5.11 Å². The second-order valence-electron chi connectivity index (χ2n) is 8.50. The maximum atomic E-state index is 14.9. The number of halogens is 2. The first kappa shape index (κ1) is 24.4. The van der Waals surface area contributed by atoms with Crippen LogP contribution >= 0.6 is 21.8 Å². The molecule has 0 fully saturated rings. The van der Waals surface area contributed by atoms with Gasteiger partial charge in [-0.1, -0.05) is 37.3 Å². The number of nitrogens with zero attached hydrogens (tertiary/aromatic N) is 5. The second kappa shape index (κ2) is 9.96. The molecule has 184 valence electrons. The van der Waals surface area contributed by atoms with E-state index in [2.05, 4.69) is 32.4 Å². The maximum absolute atomic E-state index is 14.9. The van der Waals surface area contributed by atoms with E-state index in [1.165, 1.54) is 23.4 Å². The molecule has 0 saturated heterocycles. The summed E-state index contributed by atoms with van der Waals surface area (Å²) >= 11 is 1.63. The zero-order valence-corrected chi connectivity index (χ0v) is 21.3. The lowest BCUT2D eigenvalue weighted by Crippen LogP contribution is -2.36. The van der Waals surface area contributed by atoms with Gasteiger partial charge in [0.25, 0.3) is 0 Å². The summed E-state index contributed by atoms with van der Waals surface area (Å²) in [6.07, 6.45) is 3.71. The van der Waals surface area contributed by atoms with E-state index in [0.717, 1.165) is 46.1 Å². The van der Waals surface area contributed by atoms with E-state index in [4.69, 9.17) is 0 Å². The second-order valence-corrected chi connectivity index (χ2v) is 11.3. The minimum Gasteiger partial charge on any atom is -0.377 e. The van der Waals surface area contributed by atoms with Crippen LogP contribution in [0.3, 0.4) is 0 Å². The molecule has 36 heavy (non-hydrogen) atoms. The van der Waals surface area contributed by atoms with Gasteiger partial charge in [0.1, 0.15) is 35.0 Å². The summed E-state index contributed by atoms with van der Waals surface area (Å²) in [5.41, 5.74) is 3.97. The summed E-state index contributed by atoms with van der Waals surface area (Å²) in [5.74, 6) is -1.51. The molecule has 0 amide bonds. The SMILES string of the molecule is CCc1csc(-c2ccc(-c3c[s+]([C@H](C)[C@](O)(Cn4cncn4)c4ccc(F)cc4F)cn3)cc2)n1. The quantitative estimate of drug-likeness (QED) is 0.245. The molecule has 10 heteroatoms. The van der Waals surface area contributed by atoms with E-state index in [1.807, 2.05) is 36.6 Å². The van der Waals surface area contributed by atoms with Crippen molar-refractivity contribution in [3.63, 3.8) is 0 Å². The molecule has 6 nitrogen and oxygen atoms in total. The summed E-state index contributed by atoms with van der Waals surface area (Å²) in [6.45, 7) is 3.88. The Morgan fingerprint density at radius 1 is 1.14 bits per heavy atom. The predicted molar refractivity (Wildman–Crippen MR) is 138 cm³/mol. The fourth-order valence-corrected chi connectivity index (χ4v) is 6.79. The van der Waals surface area contributed by atoms with Gasteiger partial charge in [-0.25, -0.2) is 23.4 Å². The Balaban J connectivity index is 1.45. The monoisotopic (exact) mass is 524 g/mol. The van der Waals surface area contributed by atoms with Gasteiger partial charge in [-0.15, -0.1) is 11.3 Å². The Morgan fingerprint density at radius 3 is 2.58 bits per heavy atom. The Bertz CT molecular complexity index is 1470. The highest BCUT2D eigenvalue weighted by atomic mass is 32.2. The van der Waals surface area contributed by atoms with Crippen LogP contribution in [-0.4, -0.2) is 29.8 Å². The van der Waals surface area contributed by atoms with Crippen molar-refractivity contribution < 1.29 is 13.9 Å². The van der Waals surface area contributed by atoms with Gasteiger partial charge in [0.05, 0.1) is 12.2 Å². The van der Waals surface area contributed by atoms with Gasteiger partial charge in [0.15, 0.2) is 16.2 Å². The topological polar surface area (TPSA) is 76.7 Å². The summed E-state index contributed by atoms with van der Waals surface area (Å²) < 4.78 is 29.9. The van der Waals surface area contributed by atoms with Crippen LogP contribution in [0, 0.1) is 11.6 Å². The average Bonchev–Trinajstić information content (AvgIpc) is 3.65. The molecule has 1 unspecified atom stereocenters. The summed E-state index contributed by atoms with van der Waals surface area (Å²) in [6, 6.07) is 11.3. The molecule has 0 radical (unpaired) electrons. The zero-order valence-electron chi connectivity index (χ0n) is 19.7. The lowest BCUT2D eigenvalue weighted by atomic mass is 9.90. The van der Waals surface area contributed by atoms with Crippen molar-refractivity contribution in [2.24, 2.45) is 0 Å². The zero-order chi connectivity index (χ0) is 25.3. The van der Waals surface area contributed by atoms with Crippen LogP contribution < -0.4 is 0 Å². The largest absolute Gasteiger partial charge is 0.377 e. The third kappa shape index (κ3) is 4.71. The summed E-state index contributed by atoms with van der Waals surface area (Å²) in [7, 11) is -0.623. The number of hydrogen-bond acceptors (Lipinski definition) is 6. The minimum atomic E-state index is -1.68. The molecule has 0 aliphatic heterocycles. The van der Waals surface area contributed by atoms with Crippen molar-refractivity contribution in [3.8, 4) is 21.8 Å². The number of rotatable bonds is 8. The van der Waals surface area contributed by atoms with Gasteiger partial charge in [-0.05, 0) is 19.4 Å². The number of aliphatic hydroxyl groups is 1. The molecule has 2 aromatic carbocycles. The third-order valence-electron chi connectivity index (χ3n) is 6.25. The Morgan fingerprint density at radius 2 is 1.92 bits per heavy atom. The first-order valence-electron chi connectivity index (χ1n) is 11.4. The van der Waals surface area contributed by atoms with E-state index in [9.17, 15) is 13.9 Å². The molecular formula is C26H24F2N5OS2+. The first-order chi connectivity index (χ1) is 17.4. The Labute approximate surface area is 213 Å². The number of hydrogen-bond donors (Lipinski definition) is 1. The van der Waals surface area contributed by atoms with Crippen LogP contribution in [0.5, 0.6) is 0 Å². The molecule has 0 aliphatic rings. The van der Waals surface area contributed by atoms with Crippen LogP contribution in [0.1, 0.15) is 30.4 Å². The molecule has 1 N–H and O–H groups in total. The molecule has 0 aliphatic carbocycles. The van der Waals surface area contributed by atoms with Gasteiger partial charge in [0.2, 0.25) is 5.51 Å². The molecule has 5 aromatic rings. The fourth-order valence-electron chi connectivity index (χ4n) is 4.09. The van der Waals surface area contributed by atoms with Crippen molar-refractivity contribution in [1.82, 2.24) is 24.7 Å². The standard InChI is InChI=1S/C26H24F2N5OS2/c1-3-21-11-35-25(32-21)19-6-4-18(5-7-19)24-12-36(16-30-24)17(2)26(34,13-33-15-29-14-31-33)22-9-8-20(27)10-23(22)28/h4-12,14-17,34H,3,13H2,1-2H3/q+1/t17-,26-,36?/m1/s1. The molecule has 0 saturated carbocycles. The lowest BCUT2D eigenvalue weighted by Gasteiger charge is -2.30. The first-order valence-corrected chi connectivity index (χ1v) is 13.7. The number of thiazole rings is 2. The van der Waals surface area contributed by atoms with Crippen LogP contribution in [0.4, 0.5) is 8.78 Å². The Hall–Kier alpha value is -3.34. The molecule has 3 atom stereocenters. The summed E-state index contributed by atoms with van der Waals surface area (Å²) in [5, 5.41) is 20.5. The molecule has 0 bridgehead atoms. The lowest BCUT2D eigenvalue weighted by molar-refractivity contribution is 0.00185. The van der Waals surface area contributed by atoms with Gasteiger partial charge in [-0.2, -0.15) is 10.1 Å². The van der Waals surface area contributed by atoms with E-state index in [-0.39, 0.29) is 12.1 Å². The Kier molecular flexibility index (Phi) is 6.74. The number of aromatic nitrogens is 5. The molecule has 3 heterocycles. The minimum absolute atomic E-state index is 0.00824. The van der Waals surface area contributed by atoms with Crippen molar-refractivity contribution in [1.29, 1.82) is 0 Å². The van der Waals surface area contributed by atoms with Crippen LogP contribution in [0.15, 0.2) is 71.4 Å². The third-order valence-corrected chi connectivity index (χ3v) is 9.24. The summed E-state index contributed by atoms with van der Waals surface area (Å²) in [4.78, 5) is 13.2. The normalized spacial score (nSPS) is 14.5. The van der Waals surface area contributed by atoms with Gasteiger partial charge in [-0.3, -0.25) is 0 Å². The van der Waals surface area contributed by atoms with Crippen molar-refractivity contribution in [2.45, 2.75) is 37.7 Å². The van der Waals surface area contributed by atoms with Crippen molar-refractivity contribution in [2.75, 3.05) is 0 Å². The highest BCUT2D eigenvalue weighted by Gasteiger charge is 2.45. The van der Waals surface area contributed by atoms with E-state index in [0.29, 0.717) is 0 Å². The molecular weight excluding hydrogens is 500 g/mol. The number of benzene rings is 2. The van der Waals surface area contributed by atoms with Gasteiger partial charge in [0, 0.05) is 38.6 Å². The highest BCUT2D eigenvalue weighted by Crippen LogP contribution is 2.47. The average molecular weight is 525 g/mol. The van der Waals surface area contributed by atoms with Crippen molar-refractivity contribution >= 4 is 21.8 Å². The molecule has 5 rings (SSSR count). The number of aryl methyl sites for hydroxylation is 1. The maximum Gasteiger partial charge on any atom is 0.230 e. The van der Waals surface area contributed by atoms with Crippen molar-refractivity contribution in [3.05, 3.63) is 94.3 Å². The van der Waals surface area contributed by atoms with E-state index in [1.54, 1.807) is 16.8 Å². The molecule has 0 spiro atoms. The fraction of sp³-hybridized carbons (Fsp3) is 0.231. The van der Waals surface area contributed by atoms with E-state index >= 15 is 0 Å². The van der Waals surface area contributed by atoms with Crippen LogP contribution in [0.2, 0.25) is 0 Å². The molecule has 3 aromatic heterocycles. The van der Waals surface area contributed by atoms with Crippen LogP contribution in [-0.2, 0) is 18.6 Å². The highest BCUT2D eigenvalue weighted by molar-refractivity contribution is 7.29. The predicted octanol–water partition coefficient (Wildman–Crippen LogP) is 6.20. The smallest absolute Gasteiger partial charge is 0.230 e. The van der Waals surface area contributed by atoms with Gasteiger partial charge >= 0.3 is 0 Å². The van der Waals surface area contributed by atoms with Crippen LogP contribution in [0.25, 0.3) is 21.8 Å². The van der Waals surface area contributed by atoms with E-state index < -0.39 is 33.0 Å².